The number of hydrogen-bond acceptors (Lipinski definition) is 5. The summed E-state index contributed by atoms with van der Waals surface area (Å²) >= 11 is 0. The van der Waals surface area contributed by atoms with Crippen molar-refractivity contribution in [2.24, 2.45) is 0 Å². The molecule has 0 unspecified atom stereocenters. The smallest absolute Gasteiger partial charge is 0.161 e. The minimum absolute atomic E-state index is 0.128. The van der Waals surface area contributed by atoms with Crippen molar-refractivity contribution in [2.45, 2.75) is 12.5 Å². The van der Waals surface area contributed by atoms with Gasteiger partial charge in [-0.2, -0.15) is 0 Å². The van der Waals surface area contributed by atoms with Crippen molar-refractivity contribution in [3.8, 4) is 23.0 Å². The van der Waals surface area contributed by atoms with Crippen LogP contribution in [0.5, 0.6) is 23.0 Å². The highest BCUT2D eigenvalue weighted by atomic mass is 16.5. The molecule has 0 fully saturated rings. The molecular formula is C18H20O5. The fourth-order valence-electron chi connectivity index (χ4n) is 2.22. The third-order valence-corrected chi connectivity index (χ3v) is 3.36. The highest BCUT2D eigenvalue weighted by Crippen LogP contribution is 2.28. The number of aliphatic hydroxyl groups is 1. The SMILES string of the molecule is OC1COc2ccccc2OCCCOc2ccccc2OC1. The Morgan fingerprint density at radius 2 is 1.04 bits per heavy atom. The Kier molecular flexibility index (Phi) is 5.21. The Balaban J connectivity index is 1.72. The molecule has 1 aliphatic rings. The number of rotatable bonds is 0. The molecule has 0 aromatic heterocycles. The van der Waals surface area contributed by atoms with Crippen molar-refractivity contribution >= 4 is 0 Å². The van der Waals surface area contributed by atoms with Gasteiger partial charge < -0.3 is 24.1 Å². The molecule has 3 rings (SSSR count). The molecule has 0 atom stereocenters. The van der Waals surface area contributed by atoms with Crippen LogP contribution in [0.2, 0.25) is 0 Å². The second kappa shape index (κ2) is 7.74. The van der Waals surface area contributed by atoms with E-state index in [9.17, 15) is 5.11 Å². The molecule has 2 aromatic rings. The minimum Gasteiger partial charge on any atom is -0.490 e. The number of ether oxygens (including phenoxy) is 4. The van der Waals surface area contributed by atoms with Crippen LogP contribution < -0.4 is 18.9 Å². The van der Waals surface area contributed by atoms with Gasteiger partial charge in [-0.3, -0.25) is 0 Å². The van der Waals surface area contributed by atoms with Crippen LogP contribution in [0.4, 0.5) is 0 Å². The number of benzene rings is 2. The van der Waals surface area contributed by atoms with E-state index in [0.29, 0.717) is 36.2 Å². The molecule has 0 aliphatic carbocycles. The van der Waals surface area contributed by atoms with Gasteiger partial charge in [0.05, 0.1) is 13.2 Å². The van der Waals surface area contributed by atoms with Crippen molar-refractivity contribution in [1.29, 1.82) is 0 Å². The Hall–Kier alpha value is -2.40. The molecule has 0 amide bonds. The van der Waals surface area contributed by atoms with E-state index in [1.165, 1.54) is 0 Å². The zero-order chi connectivity index (χ0) is 15.9. The summed E-state index contributed by atoms with van der Waals surface area (Å²) in [6, 6.07) is 14.8. The normalized spacial score (nSPS) is 16.4. The molecule has 1 heterocycles. The van der Waals surface area contributed by atoms with Gasteiger partial charge in [0.1, 0.15) is 19.3 Å². The molecule has 0 radical (unpaired) electrons. The average molecular weight is 316 g/mol. The highest BCUT2D eigenvalue weighted by molar-refractivity contribution is 5.40. The first-order chi connectivity index (χ1) is 11.3. The lowest BCUT2D eigenvalue weighted by atomic mass is 10.3. The van der Waals surface area contributed by atoms with Gasteiger partial charge in [0.2, 0.25) is 0 Å². The predicted octanol–water partition coefficient (Wildman–Crippen LogP) is 2.67. The summed E-state index contributed by atoms with van der Waals surface area (Å²) in [6.07, 6.45) is -0.00951. The third-order valence-electron chi connectivity index (χ3n) is 3.36. The first kappa shape index (κ1) is 15.5. The fourth-order valence-corrected chi connectivity index (χ4v) is 2.22. The first-order valence-electron chi connectivity index (χ1n) is 7.70. The number of fused-ring (bicyclic) bond motifs is 2. The van der Waals surface area contributed by atoms with Crippen molar-refractivity contribution in [3.05, 3.63) is 48.5 Å². The molecule has 5 nitrogen and oxygen atoms in total. The zero-order valence-electron chi connectivity index (χ0n) is 12.8. The van der Waals surface area contributed by atoms with Gasteiger partial charge >= 0.3 is 0 Å². The second-order valence-corrected chi connectivity index (χ2v) is 5.22. The topological polar surface area (TPSA) is 57.2 Å². The molecular weight excluding hydrogens is 296 g/mol. The fraction of sp³-hybridized carbons (Fsp3) is 0.333. The maximum Gasteiger partial charge on any atom is 0.161 e. The zero-order valence-corrected chi connectivity index (χ0v) is 12.8. The summed E-state index contributed by atoms with van der Waals surface area (Å²) in [5.41, 5.74) is 0. The lowest BCUT2D eigenvalue weighted by molar-refractivity contribution is 0.0592. The van der Waals surface area contributed by atoms with Crippen LogP contribution in [-0.2, 0) is 0 Å². The molecule has 0 spiro atoms. The van der Waals surface area contributed by atoms with Gasteiger partial charge in [-0.25, -0.2) is 0 Å². The lowest BCUT2D eigenvalue weighted by Crippen LogP contribution is -2.25. The van der Waals surface area contributed by atoms with Crippen LogP contribution in [0.3, 0.4) is 0 Å². The third kappa shape index (κ3) is 4.29. The molecule has 23 heavy (non-hydrogen) atoms. The molecule has 0 saturated carbocycles. The van der Waals surface area contributed by atoms with Crippen molar-refractivity contribution in [2.75, 3.05) is 26.4 Å². The molecule has 2 aromatic carbocycles. The summed E-state index contributed by atoms with van der Waals surface area (Å²) < 4.78 is 22.8. The largest absolute Gasteiger partial charge is 0.490 e. The van der Waals surface area contributed by atoms with Gasteiger partial charge in [0, 0.05) is 6.42 Å². The monoisotopic (exact) mass is 316 g/mol. The van der Waals surface area contributed by atoms with Crippen LogP contribution in [0, 0.1) is 0 Å². The maximum absolute atomic E-state index is 10.0. The van der Waals surface area contributed by atoms with Crippen LogP contribution in [0.25, 0.3) is 0 Å². The van der Waals surface area contributed by atoms with Crippen molar-refractivity contribution in [3.63, 3.8) is 0 Å². The van der Waals surface area contributed by atoms with Crippen molar-refractivity contribution < 1.29 is 24.1 Å². The highest BCUT2D eigenvalue weighted by Gasteiger charge is 2.12. The van der Waals surface area contributed by atoms with E-state index in [4.69, 9.17) is 18.9 Å². The van der Waals surface area contributed by atoms with Crippen LogP contribution in [-0.4, -0.2) is 37.6 Å². The predicted molar refractivity (Wildman–Crippen MR) is 85.5 cm³/mol. The maximum atomic E-state index is 10.0. The molecule has 0 saturated heterocycles. The Labute approximate surface area is 135 Å². The summed E-state index contributed by atoms with van der Waals surface area (Å²) in [5, 5.41) is 10.0. The summed E-state index contributed by atoms with van der Waals surface area (Å²) in [7, 11) is 0. The Morgan fingerprint density at radius 3 is 1.48 bits per heavy atom. The number of aliphatic hydroxyl groups excluding tert-OH is 1. The van der Waals surface area contributed by atoms with Gasteiger partial charge in [0.15, 0.2) is 23.0 Å². The Morgan fingerprint density at radius 1 is 0.652 bits per heavy atom. The first-order valence-corrected chi connectivity index (χ1v) is 7.70. The van der Waals surface area contributed by atoms with E-state index in [2.05, 4.69) is 0 Å². The van der Waals surface area contributed by atoms with Crippen LogP contribution in [0.1, 0.15) is 6.42 Å². The second-order valence-electron chi connectivity index (χ2n) is 5.22. The number of hydrogen-bond donors (Lipinski definition) is 1. The van der Waals surface area contributed by atoms with Gasteiger partial charge in [-0.1, -0.05) is 24.3 Å². The minimum atomic E-state index is -0.751. The van der Waals surface area contributed by atoms with E-state index < -0.39 is 6.10 Å². The van der Waals surface area contributed by atoms with E-state index in [1.54, 1.807) is 0 Å². The van der Waals surface area contributed by atoms with Crippen LogP contribution >= 0.6 is 0 Å². The molecule has 1 N–H and O–H groups in total. The molecule has 122 valence electrons. The van der Waals surface area contributed by atoms with Gasteiger partial charge in [-0.05, 0) is 24.3 Å². The average Bonchev–Trinajstić information content (AvgIpc) is 2.59. The quantitative estimate of drug-likeness (QED) is 0.810. The van der Waals surface area contributed by atoms with E-state index in [1.807, 2.05) is 48.5 Å². The van der Waals surface area contributed by atoms with Crippen molar-refractivity contribution in [1.82, 2.24) is 0 Å². The van der Waals surface area contributed by atoms with E-state index in [0.717, 1.165) is 6.42 Å². The number of para-hydroxylation sites is 4. The Bertz CT molecular complexity index is 575. The molecule has 5 heteroatoms. The summed E-state index contributed by atoms with van der Waals surface area (Å²) in [5.74, 6) is 2.56. The summed E-state index contributed by atoms with van der Waals surface area (Å²) in [6.45, 7) is 1.30. The molecule has 0 bridgehead atoms. The standard InChI is InChI=1S/C18H20O5/c19-14-12-22-17-8-3-1-6-15(17)20-10-5-11-21-16-7-2-4-9-18(16)23-13-14/h1-4,6-9,14,19H,5,10-13H2. The van der Waals surface area contributed by atoms with Crippen LogP contribution in [0.15, 0.2) is 48.5 Å². The van der Waals surface area contributed by atoms with E-state index in [-0.39, 0.29) is 13.2 Å². The summed E-state index contributed by atoms with van der Waals surface area (Å²) in [4.78, 5) is 0. The molecule has 1 aliphatic heterocycles. The lowest BCUT2D eigenvalue weighted by Gasteiger charge is -2.18. The van der Waals surface area contributed by atoms with Gasteiger partial charge in [0.25, 0.3) is 0 Å². The van der Waals surface area contributed by atoms with E-state index >= 15 is 0 Å². The van der Waals surface area contributed by atoms with Gasteiger partial charge in [-0.15, -0.1) is 0 Å².